The predicted molar refractivity (Wildman–Crippen MR) is 116 cm³/mol. The molecule has 0 fully saturated rings. The third-order valence-electron chi connectivity index (χ3n) is 4.97. The lowest BCUT2D eigenvalue weighted by Crippen LogP contribution is -2.13. The zero-order valence-electron chi connectivity index (χ0n) is 18.4. The molecule has 0 aliphatic heterocycles. The van der Waals surface area contributed by atoms with Gasteiger partial charge in [0.05, 0.1) is 17.0 Å². The van der Waals surface area contributed by atoms with Crippen LogP contribution in [0.15, 0.2) is 53.1 Å². The lowest BCUT2D eigenvalue weighted by molar-refractivity contribution is -0.386. The van der Waals surface area contributed by atoms with E-state index in [1.807, 2.05) is 0 Å². The number of ether oxygens (including phenoxy) is 1. The molecule has 0 unspecified atom stereocenters. The third-order valence-corrected chi connectivity index (χ3v) is 4.97. The molecule has 9 nitrogen and oxygen atoms in total. The first-order valence-corrected chi connectivity index (χ1v) is 10.3. The number of carbonyl (C=O) groups is 1. The fourth-order valence-corrected chi connectivity index (χ4v) is 3.24. The number of nitrogens with one attached hydrogen (secondary N) is 1. The van der Waals surface area contributed by atoms with Crippen molar-refractivity contribution < 1.29 is 36.4 Å². The minimum absolute atomic E-state index is 0.0258. The van der Waals surface area contributed by atoms with E-state index < -0.39 is 46.2 Å². The zero-order valence-corrected chi connectivity index (χ0v) is 18.4. The molecular formula is C23H16F4N4O5. The van der Waals surface area contributed by atoms with Crippen molar-refractivity contribution in [2.75, 3.05) is 5.32 Å². The second-order valence-corrected chi connectivity index (χ2v) is 7.58. The molecule has 0 saturated carbocycles. The number of anilines is 1. The Morgan fingerprint density at radius 1 is 1.11 bits per heavy atom. The second-order valence-electron chi connectivity index (χ2n) is 7.58. The van der Waals surface area contributed by atoms with Crippen molar-refractivity contribution in [3.05, 3.63) is 105 Å². The lowest BCUT2D eigenvalue weighted by atomic mass is 10.2. The Hall–Kier alpha value is -4.68. The van der Waals surface area contributed by atoms with E-state index in [1.54, 1.807) is 13.0 Å². The Bertz CT molecular complexity index is 1440. The minimum atomic E-state index is -1.55. The van der Waals surface area contributed by atoms with Crippen LogP contribution in [0.25, 0.3) is 0 Å². The number of carbonyl (C=O) groups excluding carboxylic acids is 1. The van der Waals surface area contributed by atoms with Gasteiger partial charge in [0.2, 0.25) is 0 Å². The summed E-state index contributed by atoms with van der Waals surface area (Å²) in [5.74, 6) is -6.81. The normalized spacial score (nSPS) is 10.9. The maximum absolute atomic E-state index is 13.9. The van der Waals surface area contributed by atoms with E-state index in [-0.39, 0.29) is 41.4 Å². The van der Waals surface area contributed by atoms with Crippen molar-refractivity contribution in [2.45, 2.75) is 20.1 Å². The molecule has 1 amide bonds. The molecule has 0 aliphatic carbocycles. The van der Waals surface area contributed by atoms with Crippen LogP contribution in [0.3, 0.4) is 0 Å². The van der Waals surface area contributed by atoms with Gasteiger partial charge in [0.1, 0.15) is 12.4 Å². The van der Waals surface area contributed by atoms with Crippen molar-refractivity contribution in [3.63, 3.8) is 0 Å². The first-order chi connectivity index (χ1) is 17.1. The Morgan fingerprint density at radius 3 is 2.53 bits per heavy atom. The molecule has 2 aromatic carbocycles. The Morgan fingerprint density at radius 2 is 1.83 bits per heavy atom. The summed E-state index contributed by atoms with van der Waals surface area (Å²) in [6.07, 6.45) is 1.24. The largest absolute Gasteiger partial charge is 0.479 e. The average molecular weight is 504 g/mol. The summed E-state index contributed by atoms with van der Waals surface area (Å²) in [5, 5.41) is 17.5. The molecule has 0 spiro atoms. The van der Waals surface area contributed by atoms with Crippen LogP contribution in [-0.4, -0.2) is 20.6 Å². The summed E-state index contributed by atoms with van der Waals surface area (Å²) in [6, 6.07) is 8.66. The molecule has 0 saturated heterocycles. The zero-order chi connectivity index (χ0) is 26.0. The van der Waals surface area contributed by atoms with Gasteiger partial charge in [-0.1, -0.05) is 6.07 Å². The predicted octanol–water partition coefficient (Wildman–Crippen LogP) is 5.13. The van der Waals surface area contributed by atoms with Crippen molar-refractivity contribution in [1.29, 1.82) is 0 Å². The number of halogens is 4. The summed E-state index contributed by atoms with van der Waals surface area (Å²) >= 11 is 0. The number of amides is 1. The molecule has 2 heterocycles. The van der Waals surface area contributed by atoms with Crippen LogP contribution in [0.4, 0.5) is 29.1 Å². The van der Waals surface area contributed by atoms with Crippen LogP contribution in [0, 0.1) is 40.3 Å². The third kappa shape index (κ3) is 5.19. The maximum Gasteiger partial charge on any atom is 0.311 e. The summed E-state index contributed by atoms with van der Waals surface area (Å²) < 4.78 is 66.4. The molecule has 2 aromatic heterocycles. The van der Waals surface area contributed by atoms with Crippen molar-refractivity contribution >= 4 is 17.4 Å². The fourth-order valence-electron chi connectivity index (χ4n) is 3.24. The Kier molecular flexibility index (Phi) is 6.72. The maximum atomic E-state index is 13.9. The van der Waals surface area contributed by atoms with Gasteiger partial charge in [-0.25, -0.2) is 17.6 Å². The number of nitro groups is 1. The first-order valence-electron chi connectivity index (χ1n) is 10.3. The Balaban J connectivity index is 1.40. The number of aryl methyl sites for hydroxylation is 1. The highest BCUT2D eigenvalue weighted by Gasteiger charge is 2.20. The summed E-state index contributed by atoms with van der Waals surface area (Å²) in [6.45, 7) is 0.887. The number of aromatic nitrogens is 2. The first kappa shape index (κ1) is 24.4. The van der Waals surface area contributed by atoms with Crippen LogP contribution >= 0.6 is 0 Å². The van der Waals surface area contributed by atoms with E-state index in [2.05, 4.69) is 10.4 Å². The molecule has 186 valence electrons. The van der Waals surface area contributed by atoms with E-state index in [0.717, 1.165) is 4.68 Å². The molecular weight excluding hydrogens is 488 g/mol. The molecule has 36 heavy (non-hydrogen) atoms. The highest BCUT2D eigenvalue weighted by atomic mass is 19.2. The molecule has 0 bridgehead atoms. The van der Waals surface area contributed by atoms with Gasteiger partial charge >= 0.3 is 5.69 Å². The second kappa shape index (κ2) is 9.90. The molecule has 13 heteroatoms. The van der Waals surface area contributed by atoms with Crippen LogP contribution in [0.1, 0.15) is 27.4 Å². The van der Waals surface area contributed by atoms with Gasteiger partial charge < -0.3 is 14.5 Å². The topological polar surface area (TPSA) is 112 Å². The smallest absolute Gasteiger partial charge is 0.311 e. The quantitative estimate of drug-likeness (QED) is 0.154. The number of hydrogen-bond acceptors (Lipinski definition) is 6. The number of rotatable bonds is 8. The van der Waals surface area contributed by atoms with E-state index >= 15 is 0 Å². The Labute approximate surface area is 200 Å². The SMILES string of the molecule is Cc1ccc(OCc2ccc(C(=O)Nc3ccn(Cc4c(F)c(F)cc(F)c4F)n3)o2)c([N+](=O)[O-])c1. The van der Waals surface area contributed by atoms with Gasteiger partial charge in [-0.2, -0.15) is 5.10 Å². The van der Waals surface area contributed by atoms with Crippen LogP contribution < -0.4 is 10.1 Å². The van der Waals surface area contributed by atoms with Gasteiger partial charge in [0, 0.05) is 24.4 Å². The number of benzene rings is 2. The molecule has 0 aliphatic rings. The van der Waals surface area contributed by atoms with Crippen LogP contribution in [0.5, 0.6) is 5.75 Å². The molecule has 4 aromatic rings. The molecule has 1 N–H and O–H groups in total. The lowest BCUT2D eigenvalue weighted by Gasteiger charge is -2.07. The number of nitro benzene ring substituents is 1. The number of hydrogen-bond donors (Lipinski definition) is 1. The summed E-state index contributed by atoms with van der Waals surface area (Å²) in [7, 11) is 0. The van der Waals surface area contributed by atoms with Crippen molar-refractivity contribution in [1.82, 2.24) is 9.78 Å². The van der Waals surface area contributed by atoms with Gasteiger partial charge in [-0.3, -0.25) is 19.6 Å². The monoisotopic (exact) mass is 504 g/mol. The highest BCUT2D eigenvalue weighted by molar-refractivity contribution is 6.01. The van der Waals surface area contributed by atoms with Crippen LogP contribution in [0.2, 0.25) is 0 Å². The minimum Gasteiger partial charge on any atom is -0.479 e. The van der Waals surface area contributed by atoms with Crippen LogP contribution in [-0.2, 0) is 13.2 Å². The average Bonchev–Trinajstić information content (AvgIpc) is 3.49. The highest BCUT2D eigenvalue weighted by Crippen LogP contribution is 2.28. The molecule has 4 rings (SSSR count). The number of nitrogens with zero attached hydrogens (tertiary/aromatic N) is 3. The number of furan rings is 1. The van der Waals surface area contributed by atoms with Crippen molar-refractivity contribution in [3.8, 4) is 5.75 Å². The van der Waals surface area contributed by atoms with Crippen molar-refractivity contribution in [2.24, 2.45) is 0 Å². The van der Waals surface area contributed by atoms with E-state index in [9.17, 15) is 32.5 Å². The van der Waals surface area contributed by atoms with Gasteiger partial charge in [-0.05, 0) is 30.7 Å². The van der Waals surface area contributed by atoms with Gasteiger partial charge in [0.15, 0.2) is 40.6 Å². The van der Waals surface area contributed by atoms with Gasteiger partial charge in [0.25, 0.3) is 5.91 Å². The van der Waals surface area contributed by atoms with Gasteiger partial charge in [-0.15, -0.1) is 0 Å². The van der Waals surface area contributed by atoms with E-state index in [4.69, 9.17) is 9.15 Å². The molecule has 0 radical (unpaired) electrons. The molecule has 0 atom stereocenters. The summed E-state index contributed by atoms with van der Waals surface area (Å²) in [5.41, 5.74) is -0.388. The van der Waals surface area contributed by atoms with E-state index in [0.29, 0.717) is 5.56 Å². The fraction of sp³-hybridized carbons (Fsp3) is 0.130. The van der Waals surface area contributed by atoms with E-state index in [1.165, 1.54) is 36.5 Å². The summed E-state index contributed by atoms with van der Waals surface area (Å²) in [4.78, 5) is 23.1. The standard InChI is InChI=1S/C23H16F4N4O5/c1-12-2-4-18(17(8-12)31(33)34)35-11-13-3-5-19(36-13)23(32)28-20-6-7-30(29-20)10-14-21(26)15(24)9-16(25)22(14)27/h2-9H,10-11H2,1H3,(H,28,29,32).